The Bertz CT molecular complexity index is 1030. The topological polar surface area (TPSA) is 54.9 Å². The summed E-state index contributed by atoms with van der Waals surface area (Å²) >= 11 is 6.85. The molecule has 1 amide bonds. The quantitative estimate of drug-likeness (QED) is 0.401. The smallest absolute Gasteiger partial charge is 0.325 e. The SMILES string of the molecule is Cc1c(Cl)cccc1NC(=O)CSc1nc(-c2ccccc2)cc(C(F)(F)F)n1. The molecule has 29 heavy (non-hydrogen) atoms. The lowest BCUT2D eigenvalue weighted by Gasteiger charge is -2.11. The lowest BCUT2D eigenvalue weighted by Crippen LogP contribution is -2.16. The predicted molar refractivity (Wildman–Crippen MR) is 108 cm³/mol. The minimum Gasteiger partial charge on any atom is -0.325 e. The molecule has 1 heterocycles. The third kappa shape index (κ3) is 5.48. The highest BCUT2D eigenvalue weighted by atomic mass is 35.5. The fourth-order valence-corrected chi connectivity index (χ4v) is 3.28. The Kier molecular flexibility index (Phi) is 6.44. The summed E-state index contributed by atoms with van der Waals surface area (Å²) in [6.07, 6.45) is -4.62. The molecule has 0 bridgehead atoms. The number of aromatic nitrogens is 2. The van der Waals surface area contributed by atoms with Gasteiger partial charge in [-0.3, -0.25) is 4.79 Å². The minimum atomic E-state index is -4.62. The summed E-state index contributed by atoms with van der Waals surface area (Å²) in [5.41, 5.74) is 0.856. The standard InChI is InChI=1S/C20H15ClF3N3OS/c1-12-14(21)8-5-9-15(12)25-18(28)11-29-19-26-16(13-6-3-2-4-7-13)10-17(27-19)20(22,23)24/h2-10H,11H2,1H3,(H,25,28). The van der Waals surface area contributed by atoms with Gasteiger partial charge in [0.05, 0.1) is 11.4 Å². The second kappa shape index (κ2) is 8.84. The molecule has 3 aromatic rings. The van der Waals surface area contributed by atoms with E-state index in [1.807, 2.05) is 0 Å². The van der Waals surface area contributed by atoms with E-state index in [0.29, 0.717) is 21.8 Å². The first-order valence-corrected chi connectivity index (χ1v) is 9.80. The van der Waals surface area contributed by atoms with E-state index in [4.69, 9.17) is 11.6 Å². The average molecular weight is 438 g/mol. The molecule has 2 aromatic carbocycles. The molecule has 150 valence electrons. The molecule has 0 aliphatic rings. The number of anilines is 1. The van der Waals surface area contributed by atoms with Crippen LogP contribution in [0.4, 0.5) is 18.9 Å². The molecule has 0 radical (unpaired) electrons. The van der Waals surface area contributed by atoms with Crippen molar-refractivity contribution in [2.45, 2.75) is 18.3 Å². The van der Waals surface area contributed by atoms with Gasteiger partial charge in [0.15, 0.2) is 5.16 Å². The van der Waals surface area contributed by atoms with Crippen molar-refractivity contribution in [3.8, 4) is 11.3 Å². The summed E-state index contributed by atoms with van der Waals surface area (Å²) in [6.45, 7) is 1.76. The fourth-order valence-electron chi connectivity index (χ4n) is 2.45. The number of thioether (sulfide) groups is 1. The number of carbonyl (C=O) groups is 1. The molecule has 0 saturated heterocycles. The van der Waals surface area contributed by atoms with Gasteiger partial charge < -0.3 is 5.32 Å². The van der Waals surface area contributed by atoms with E-state index in [1.54, 1.807) is 55.5 Å². The lowest BCUT2D eigenvalue weighted by atomic mass is 10.1. The van der Waals surface area contributed by atoms with E-state index in [-0.39, 0.29) is 16.6 Å². The number of nitrogens with zero attached hydrogens (tertiary/aromatic N) is 2. The highest BCUT2D eigenvalue weighted by Crippen LogP contribution is 2.32. The van der Waals surface area contributed by atoms with Crippen LogP contribution in [0.1, 0.15) is 11.3 Å². The van der Waals surface area contributed by atoms with Crippen molar-refractivity contribution in [2.24, 2.45) is 0 Å². The summed E-state index contributed by atoms with van der Waals surface area (Å²) in [4.78, 5) is 20.0. The summed E-state index contributed by atoms with van der Waals surface area (Å²) < 4.78 is 39.7. The first-order chi connectivity index (χ1) is 13.7. The number of benzene rings is 2. The number of halogens is 4. The zero-order valence-corrected chi connectivity index (χ0v) is 16.7. The van der Waals surface area contributed by atoms with Gasteiger partial charge >= 0.3 is 6.18 Å². The Balaban J connectivity index is 1.79. The molecule has 1 aromatic heterocycles. The predicted octanol–water partition coefficient (Wildman–Crippen LogP) is 5.86. The van der Waals surface area contributed by atoms with Crippen LogP contribution in [-0.4, -0.2) is 21.6 Å². The van der Waals surface area contributed by atoms with Gasteiger partial charge in [-0.2, -0.15) is 13.2 Å². The normalized spacial score (nSPS) is 11.3. The molecule has 0 aliphatic carbocycles. The molecule has 0 unspecified atom stereocenters. The third-order valence-electron chi connectivity index (χ3n) is 3.94. The second-order valence-corrected chi connectivity index (χ2v) is 7.38. The average Bonchev–Trinajstić information content (AvgIpc) is 2.70. The van der Waals surface area contributed by atoms with Crippen LogP contribution in [0.3, 0.4) is 0 Å². The van der Waals surface area contributed by atoms with Crippen molar-refractivity contribution in [2.75, 3.05) is 11.1 Å². The second-order valence-electron chi connectivity index (χ2n) is 6.03. The van der Waals surface area contributed by atoms with Crippen LogP contribution in [0.15, 0.2) is 59.8 Å². The van der Waals surface area contributed by atoms with Crippen molar-refractivity contribution in [3.63, 3.8) is 0 Å². The number of alkyl halides is 3. The van der Waals surface area contributed by atoms with Crippen LogP contribution < -0.4 is 5.32 Å². The van der Waals surface area contributed by atoms with Gasteiger partial charge in [-0.1, -0.05) is 59.8 Å². The van der Waals surface area contributed by atoms with E-state index in [9.17, 15) is 18.0 Å². The maximum atomic E-state index is 13.2. The number of hydrogen-bond donors (Lipinski definition) is 1. The molecule has 0 fully saturated rings. The zero-order chi connectivity index (χ0) is 21.0. The molecule has 3 rings (SSSR count). The summed E-state index contributed by atoms with van der Waals surface area (Å²) in [7, 11) is 0. The molecule has 0 atom stereocenters. The molecule has 0 aliphatic heterocycles. The van der Waals surface area contributed by atoms with Gasteiger partial charge in [-0.25, -0.2) is 9.97 Å². The Hall–Kier alpha value is -2.58. The first kappa shape index (κ1) is 21.1. The monoisotopic (exact) mass is 437 g/mol. The van der Waals surface area contributed by atoms with Gasteiger partial charge in [-0.05, 0) is 30.7 Å². The maximum absolute atomic E-state index is 13.2. The maximum Gasteiger partial charge on any atom is 0.433 e. The highest BCUT2D eigenvalue weighted by Gasteiger charge is 2.34. The number of amides is 1. The van der Waals surface area contributed by atoms with Gasteiger partial charge in [-0.15, -0.1) is 0 Å². The molecule has 4 nitrogen and oxygen atoms in total. The van der Waals surface area contributed by atoms with E-state index >= 15 is 0 Å². The van der Waals surface area contributed by atoms with Crippen LogP contribution in [0.25, 0.3) is 11.3 Å². The van der Waals surface area contributed by atoms with Crippen molar-refractivity contribution in [1.82, 2.24) is 9.97 Å². The van der Waals surface area contributed by atoms with Crippen LogP contribution in [0, 0.1) is 6.92 Å². The van der Waals surface area contributed by atoms with Crippen LogP contribution >= 0.6 is 23.4 Å². The van der Waals surface area contributed by atoms with Crippen molar-refractivity contribution in [3.05, 3.63) is 70.9 Å². The first-order valence-electron chi connectivity index (χ1n) is 8.43. The molecule has 9 heteroatoms. The number of nitrogens with one attached hydrogen (secondary N) is 1. The summed E-state index contributed by atoms with van der Waals surface area (Å²) in [5, 5.41) is 3.07. The summed E-state index contributed by atoms with van der Waals surface area (Å²) in [6, 6.07) is 14.5. The molecule has 0 saturated carbocycles. The lowest BCUT2D eigenvalue weighted by molar-refractivity contribution is -0.141. The van der Waals surface area contributed by atoms with Crippen molar-refractivity contribution < 1.29 is 18.0 Å². The minimum absolute atomic E-state index is 0.128. The Morgan fingerprint density at radius 3 is 2.52 bits per heavy atom. The van der Waals surface area contributed by atoms with Gasteiger partial charge in [0.2, 0.25) is 5.91 Å². The van der Waals surface area contributed by atoms with Gasteiger partial charge in [0, 0.05) is 16.3 Å². The number of hydrogen-bond acceptors (Lipinski definition) is 4. The van der Waals surface area contributed by atoms with Gasteiger partial charge in [0.25, 0.3) is 0 Å². The Labute approximate surface area is 174 Å². The van der Waals surface area contributed by atoms with E-state index in [0.717, 1.165) is 17.8 Å². The molecular formula is C20H15ClF3N3OS. The van der Waals surface area contributed by atoms with E-state index < -0.39 is 17.8 Å². The third-order valence-corrected chi connectivity index (χ3v) is 5.20. The number of rotatable bonds is 5. The van der Waals surface area contributed by atoms with E-state index in [1.165, 1.54) is 0 Å². The van der Waals surface area contributed by atoms with Crippen LogP contribution in [-0.2, 0) is 11.0 Å². The highest BCUT2D eigenvalue weighted by molar-refractivity contribution is 7.99. The Morgan fingerprint density at radius 2 is 1.83 bits per heavy atom. The van der Waals surface area contributed by atoms with Crippen molar-refractivity contribution >= 4 is 35.0 Å². The molecule has 1 N–H and O–H groups in total. The molecule has 0 spiro atoms. The largest absolute Gasteiger partial charge is 0.433 e. The van der Waals surface area contributed by atoms with Gasteiger partial charge in [0.1, 0.15) is 5.69 Å². The Morgan fingerprint density at radius 1 is 1.10 bits per heavy atom. The summed E-state index contributed by atoms with van der Waals surface area (Å²) in [5.74, 6) is -0.552. The zero-order valence-electron chi connectivity index (χ0n) is 15.1. The molecular weight excluding hydrogens is 423 g/mol. The number of carbonyl (C=O) groups excluding carboxylic acids is 1. The van der Waals surface area contributed by atoms with E-state index in [2.05, 4.69) is 15.3 Å². The van der Waals surface area contributed by atoms with Crippen LogP contribution in [0.2, 0.25) is 5.02 Å². The van der Waals surface area contributed by atoms with Crippen molar-refractivity contribution in [1.29, 1.82) is 0 Å². The fraction of sp³-hybridized carbons (Fsp3) is 0.150. The van der Waals surface area contributed by atoms with Crippen LogP contribution in [0.5, 0.6) is 0 Å².